The van der Waals surface area contributed by atoms with Gasteiger partial charge in [0.15, 0.2) is 0 Å². The maximum Gasteiger partial charge on any atom is 0.310 e. The molecule has 0 atom stereocenters. The Morgan fingerprint density at radius 3 is 1.80 bits per heavy atom. The summed E-state index contributed by atoms with van der Waals surface area (Å²) in [6.45, 7) is 2.76. The summed E-state index contributed by atoms with van der Waals surface area (Å²) in [5, 5.41) is -0.307. The van der Waals surface area contributed by atoms with Crippen molar-refractivity contribution in [2.45, 2.75) is 18.7 Å². The van der Waals surface area contributed by atoms with Crippen molar-refractivity contribution in [3.8, 4) is 0 Å². The fraction of sp³-hybridized carbons (Fsp3) is 0.250. The Morgan fingerprint density at radius 1 is 1.00 bits per heavy atom. The molecule has 1 rings (SSSR count). The SMILES string of the molecule is Cc1cc(S(F)(F)(F)(F)F)cc(Cl)c1C. The second-order valence-electron chi connectivity index (χ2n) is 3.32. The van der Waals surface area contributed by atoms with Crippen LogP contribution in [-0.2, 0) is 0 Å². The Labute approximate surface area is 88.8 Å². The van der Waals surface area contributed by atoms with Crippen LogP contribution in [0.4, 0.5) is 19.4 Å². The highest BCUT2D eigenvalue weighted by Gasteiger charge is 2.65. The van der Waals surface area contributed by atoms with Gasteiger partial charge < -0.3 is 0 Å². The molecule has 7 heteroatoms. The molecule has 0 bridgehead atoms. The third kappa shape index (κ3) is 2.75. The lowest BCUT2D eigenvalue weighted by molar-refractivity contribution is 0.364. The number of aryl methyl sites for hydroxylation is 1. The quantitative estimate of drug-likeness (QED) is 0.579. The van der Waals surface area contributed by atoms with E-state index in [0.29, 0.717) is 11.6 Å². The average molecular weight is 267 g/mol. The monoisotopic (exact) mass is 266 g/mol. The van der Waals surface area contributed by atoms with Gasteiger partial charge in [-0.2, -0.15) is 0 Å². The molecule has 1 aromatic rings. The summed E-state index contributed by atoms with van der Waals surface area (Å²) in [4.78, 5) is -1.94. The lowest BCUT2D eigenvalue weighted by Crippen LogP contribution is -2.06. The van der Waals surface area contributed by atoms with Crippen LogP contribution in [0.15, 0.2) is 17.0 Å². The van der Waals surface area contributed by atoms with Gasteiger partial charge >= 0.3 is 10.2 Å². The minimum atomic E-state index is -9.61. The van der Waals surface area contributed by atoms with E-state index in [9.17, 15) is 19.4 Å². The molecule has 0 N–H and O–H groups in total. The molecule has 0 radical (unpaired) electrons. The van der Waals surface area contributed by atoms with E-state index in [1.807, 2.05) is 0 Å². The van der Waals surface area contributed by atoms with E-state index < -0.39 is 15.1 Å². The van der Waals surface area contributed by atoms with Gasteiger partial charge in [0.1, 0.15) is 4.90 Å². The Balaban J connectivity index is 3.58. The summed E-state index contributed by atoms with van der Waals surface area (Å²) in [5.74, 6) is 0. The van der Waals surface area contributed by atoms with Crippen LogP contribution in [0.2, 0.25) is 5.02 Å². The molecular formula is C8H8ClF5S. The summed E-state index contributed by atoms with van der Waals surface area (Å²) in [6.07, 6.45) is 0. The molecule has 0 spiro atoms. The molecule has 0 aliphatic heterocycles. The highest BCUT2D eigenvalue weighted by molar-refractivity contribution is 8.45. The van der Waals surface area contributed by atoms with Crippen LogP contribution in [0, 0.1) is 13.8 Å². The molecule has 88 valence electrons. The second kappa shape index (κ2) is 2.60. The van der Waals surface area contributed by atoms with Gasteiger partial charge in [-0.15, -0.1) is 0 Å². The summed E-state index contributed by atoms with van der Waals surface area (Å²) in [6, 6.07) is 0.689. The largest absolute Gasteiger partial charge is 0.310 e. The van der Waals surface area contributed by atoms with Gasteiger partial charge in [-0.1, -0.05) is 31.0 Å². The van der Waals surface area contributed by atoms with Crippen LogP contribution in [0.25, 0.3) is 0 Å². The van der Waals surface area contributed by atoms with Crippen molar-refractivity contribution in [2.75, 3.05) is 0 Å². The fourth-order valence-corrected chi connectivity index (χ4v) is 2.08. The topological polar surface area (TPSA) is 0 Å². The summed E-state index contributed by atoms with van der Waals surface area (Å²) < 4.78 is 61.9. The molecule has 0 unspecified atom stereocenters. The molecule has 0 heterocycles. The van der Waals surface area contributed by atoms with Gasteiger partial charge in [-0.25, -0.2) is 0 Å². The van der Waals surface area contributed by atoms with Crippen molar-refractivity contribution < 1.29 is 19.4 Å². The van der Waals surface area contributed by atoms with Gasteiger partial charge in [0.25, 0.3) is 0 Å². The highest BCUT2D eigenvalue weighted by Crippen LogP contribution is 3.02. The van der Waals surface area contributed by atoms with Crippen molar-refractivity contribution >= 4 is 21.8 Å². The van der Waals surface area contributed by atoms with Crippen molar-refractivity contribution in [3.63, 3.8) is 0 Å². The summed E-state index contributed by atoms with van der Waals surface area (Å²) in [7, 11) is -9.61. The standard InChI is InChI=1S/C8H8ClF5S/c1-5-3-7(4-8(9)6(5)2)15(10,11,12,13)14/h3-4H,1-2H3. The number of rotatable bonds is 1. The van der Waals surface area contributed by atoms with Crippen LogP contribution in [0.5, 0.6) is 0 Å². The summed E-state index contributed by atoms with van der Waals surface area (Å²) in [5.41, 5.74) is 0.452. The molecule has 0 saturated heterocycles. The first-order chi connectivity index (χ1) is 6.31. The first kappa shape index (κ1) is 12.6. The highest BCUT2D eigenvalue weighted by atomic mass is 35.5. The van der Waals surface area contributed by atoms with E-state index in [2.05, 4.69) is 0 Å². The fourth-order valence-electron chi connectivity index (χ4n) is 1.01. The predicted molar refractivity (Wildman–Crippen MR) is 52.3 cm³/mol. The van der Waals surface area contributed by atoms with E-state index in [1.54, 1.807) is 0 Å². The molecular weight excluding hydrogens is 259 g/mol. The van der Waals surface area contributed by atoms with E-state index in [4.69, 9.17) is 11.6 Å². The average Bonchev–Trinajstić information content (AvgIpc) is 1.94. The van der Waals surface area contributed by atoms with Gasteiger partial charge in [0.2, 0.25) is 0 Å². The first-order valence-corrected chi connectivity index (χ1v) is 6.15. The van der Waals surface area contributed by atoms with Crippen LogP contribution in [-0.4, -0.2) is 0 Å². The predicted octanol–water partition coefficient (Wildman–Crippen LogP) is 5.61. The number of benzene rings is 1. The number of hydrogen-bond acceptors (Lipinski definition) is 0. The number of hydrogen-bond donors (Lipinski definition) is 0. The Bertz CT molecular complexity index is 399. The van der Waals surface area contributed by atoms with Crippen molar-refractivity contribution in [3.05, 3.63) is 28.3 Å². The number of halogens is 6. The van der Waals surface area contributed by atoms with E-state index in [-0.39, 0.29) is 16.7 Å². The molecule has 0 aromatic heterocycles. The zero-order valence-corrected chi connectivity index (χ0v) is 9.40. The molecule has 0 aliphatic rings. The molecule has 1 aromatic carbocycles. The van der Waals surface area contributed by atoms with Crippen molar-refractivity contribution in [1.29, 1.82) is 0 Å². The minimum absolute atomic E-state index is 0.0887. The first-order valence-electron chi connectivity index (χ1n) is 3.82. The maximum absolute atomic E-state index is 12.4. The minimum Gasteiger partial charge on any atom is -0.0936 e. The third-order valence-corrected chi connectivity index (χ3v) is 3.54. The Hall–Kier alpha value is -0.490. The molecule has 15 heavy (non-hydrogen) atoms. The molecule has 0 nitrogen and oxygen atoms in total. The van der Waals surface area contributed by atoms with Gasteiger partial charge in [0, 0.05) is 5.02 Å². The van der Waals surface area contributed by atoms with Gasteiger partial charge in [0.05, 0.1) is 0 Å². The van der Waals surface area contributed by atoms with Crippen LogP contribution in [0.3, 0.4) is 0 Å². The van der Waals surface area contributed by atoms with Crippen LogP contribution >= 0.6 is 21.8 Å². The van der Waals surface area contributed by atoms with E-state index >= 15 is 0 Å². The lowest BCUT2D eigenvalue weighted by Gasteiger charge is -2.40. The second-order valence-corrected chi connectivity index (χ2v) is 6.13. The maximum atomic E-state index is 12.4. The Kier molecular flexibility index (Phi) is 2.18. The van der Waals surface area contributed by atoms with Crippen molar-refractivity contribution in [1.82, 2.24) is 0 Å². The molecule has 0 aliphatic carbocycles. The van der Waals surface area contributed by atoms with E-state index in [0.717, 1.165) is 0 Å². The molecule has 0 saturated carbocycles. The molecule has 0 fully saturated rings. The smallest absolute Gasteiger partial charge is 0.0936 e. The summed E-state index contributed by atoms with van der Waals surface area (Å²) >= 11 is 5.43. The zero-order valence-electron chi connectivity index (χ0n) is 7.83. The third-order valence-electron chi connectivity index (χ3n) is 2.02. The lowest BCUT2D eigenvalue weighted by atomic mass is 10.1. The van der Waals surface area contributed by atoms with Crippen LogP contribution in [0.1, 0.15) is 11.1 Å². The zero-order chi connectivity index (χ0) is 12.1. The van der Waals surface area contributed by atoms with Crippen LogP contribution < -0.4 is 0 Å². The van der Waals surface area contributed by atoms with Gasteiger partial charge in [-0.05, 0) is 37.1 Å². The van der Waals surface area contributed by atoms with Gasteiger partial charge in [-0.3, -0.25) is 0 Å². The normalized spacial score (nSPS) is 17.1. The molecule has 0 amide bonds. The Morgan fingerprint density at radius 2 is 1.47 bits per heavy atom. The van der Waals surface area contributed by atoms with E-state index in [1.165, 1.54) is 13.8 Å². The van der Waals surface area contributed by atoms with Crippen molar-refractivity contribution in [2.24, 2.45) is 0 Å².